The van der Waals surface area contributed by atoms with E-state index in [4.69, 9.17) is 0 Å². The Bertz CT molecular complexity index is 1460. The molecule has 0 amide bonds. The Kier molecular flexibility index (Phi) is 5.11. The smallest absolute Gasteiger partial charge is 0.269 e. The molecule has 0 unspecified atom stereocenters. The van der Waals surface area contributed by atoms with Crippen LogP contribution in [0.25, 0.3) is 27.9 Å². The van der Waals surface area contributed by atoms with Crippen LogP contribution in [0.5, 0.6) is 0 Å². The number of fused-ring (bicyclic) bond motifs is 1. The predicted octanol–water partition coefficient (Wildman–Crippen LogP) is 3.76. The molecule has 1 aromatic carbocycles. The highest BCUT2D eigenvalue weighted by atomic mass is 32.2. The fourth-order valence-electron chi connectivity index (χ4n) is 4.03. The van der Waals surface area contributed by atoms with Crippen molar-refractivity contribution in [3.63, 3.8) is 0 Å². The number of benzene rings is 1. The van der Waals surface area contributed by atoms with E-state index in [1.54, 1.807) is 49.8 Å². The van der Waals surface area contributed by atoms with Crippen LogP contribution in [0.2, 0.25) is 0 Å². The summed E-state index contributed by atoms with van der Waals surface area (Å²) in [5, 5.41) is 0.842. The number of aromatic nitrogens is 4. The number of hydrogen-bond donors (Lipinski definition) is 0. The zero-order chi connectivity index (χ0) is 22.3. The van der Waals surface area contributed by atoms with Gasteiger partial charge in [0, 0.05) is 48.2 Å². The largest absolute Gasteiger partial charge is 0.302 e. The second-order valence-corrected chi connectivity index (χ2v) is 9.79. The van der Waals surface area contributed by atoms with Gasteiger partial charge in [-0.2, -0.15) is 0 Å². The van der Waals surface area contributed by atoms with E-state index >= 15 is 0 Å². The summed E-state index contributed by atoms with van der Waals surface area (Å²) in [6.07, 6.45) is 8.05. The summed E-state index contributed by atoms with van der Waals surface area (Å²) in [5.41, 5.74) is 3.92. The highest BCUT2D eigenvalue weighted by Crippen LogP contribution is 2.32. The molecule has 1 aliphatic rings. The van der Waals surface area contributed by atoms with Crippen LogP contribution >= 0.6 is 0 Å². The number of likely N-dealkylation sites (N-methyl/N-ethyl adjacent to an activating group) is 1. The van der Waals surface area contributed by atoms with Crippen LogP contribution in [0, 0.1) is 6.92 Å². The molecule has 0 saturated carbocycles. The van der Waals surface area contributed by atoms with Gasteiger partial charge in [-0.25, -0.2) is 27.3 Å². The quantitative estimate of drug-likeness (QED) is 0.476. The first-order valence-corrected chi connectivity index (χ1v) is 11.9. The molecule has 8 heteroatoms. The van der Waals surface area contributed by atoms with E-state index < -0.39 is 10.0 Å². The van der Waals surface area contributed by atoms with Crippen LogP contribution in [-0.2, 0) is 10.0 Å². The highest BCUT2D eigenvalue weighted by Gasteiger charge is 2.24. The van der Waals surface area contributed by atoms with Gasteiger partial charge in [0.15, 0.2) is 5.65 Å². The molecule has 0 fully saturated rings. The van der Waals surface area contributed by atoms with Gasteiger partial charge in [0.05, 0.1) is 10.6 Å². The van der Waals surface area contributed by atoms with Crippen LogP contribution in [0.4, 0.5) is 0 Å². The Morgan fingerprint density at radius 3 is 2.69 bits per heavy atom. The second kappa shape index (κ2) is 7.96. The molecule has 0 saturated heterocycles. The number of hydrogen-bond acceptors (Lipinski definition) is 6. The third-order valence-corrected chi connectivity index (χ3v) is 7.40. The van der Waals surface area contributed by atoms with Crippen molar-refractivity contribution in [2.75, 3.05) is 20.1 Å². The Balaban J connectivity index is 1.64. The predicted molar refractivity (Wildman–Crippen MR) is 125 cm³/mol. The van der Waals surface area contributed by atoms with E-state index in [1.807, 2.05) is 18.2 Å². The molecule has 0 radical (unpaired) electrons. The maximum Gasteiger partial charge on any atom is 0.269 e. The molecule has 4 aromatic rings. The van der Waals surface area contributed by atoms with Gasteiger partial charge in [0.1, 0.15) is 5.82 Å². The summed E-state index contributed by atoms with van der Waals surface area (Å²) in [6.45, 7) is 3.59. The summed E-state index contributed by atoms with van der Waals surface area (Å²) in [6, 6.07) is 12.4. The zero-order valence-electron chi connectivity index (χ0n) is 17.9. The average molecular weight is 446 g/mol. The summed E-state index contributed by atoms with van der Waals surface area (Å²) in [4.78, 5) is 15.4. The molecule has 1 aliphatic heterocycles. The second-order valence-electron chi connectivity index (χ2n) is 7.98. The molecule has 0 N–H and O–H groups in total. The number of aryl methyl sites for hydroxylation is 1. The molecule has 3 aromatic heterocycles. The Morgan fingerprint density at radius 1 is 1.03 bits per heavy atom. The van der Waals surface area contributed by atoms with Gasteiger partial charge in [0.25, 0.3) is 10.0 Å². The van der Waals surface area contributed by atoms with Crippen LogP contribution in [0.1, 0.15) is 17.8 Å². The minimum Gasteiger partial charge on any atom is -0.302 e. The fourth-order valence-corrected chi connectivity index (χ4v) is 5.40. The van der Waals surface area contributed by atoms with E-state index in [0.29, 0.717) is 17.2 Å². The molecule has 0 aliphatic carbocycles. The monoisotopic (exact) mass is 445 g/mol. The van der Waals surface area contributed by atoms with Crippen LogP contribution in [0.15, 0.2) is 72.0 Å². The van der Waals surface area contributed by atoms with E-state index in [2.05, 4.69) is 33.0 Å². The van der Waals surface area contributed by atoms with Crippen LogP contribution in [-0.4, -0.2) is 52.4 Å². The maximum absolute atomic E-state index is 13.7. The van der Waals surface area contributed by atoms with Crippen molar-refractivity contribution in [2.45, 2.75) is 18.2 Å². The molecule has 162 valence electrons. The van der Waals surface area contributed by atoms with Crippen molar-refractivity contribution in [3.8, 4) is 11.3 Å². The van der Waals surface area contributed by atoms with Crippen LogP contribution in [0.3, 0.4) is 0 Å². The van der Waals surface area contributed by atoms with Crippen LogP contribution < -0.4 is 0 Å². The lowest BCUT2D eigenvalue weighted by molar-refractivity contribution is 0.370. The van der Waals surface area contributed by atoms with Gasteiger partial charge in [0.2, 0.25) is 0 Å². The lowest BCUT2D eigenvalue weighted by atomic mass is 10.00. The molecule has 0 spiro atoms. The minimum atomic E-state index is -3.86. The number of rotatable bonds is 4. The lowest BCUT2D eigenvalue weighted by Gasteiger charge is -2.21. The van der Waals surface area contributed by atoms with Crippen molar-refractivity contribution in [1.82, 2.24) is 23.8 Å². The molecular weight excluding hydrogens is 422 g/mol. The fraction of sp³-hybridized carbons (Fsp3) is 0.208. The maximum atomic E-state index is 13.7. The summed E-state index contributed by atoms with van der Waals surface area (Å²) in [7, 11) is -1.78. The molecule has 7 nitrogen and oxygen atoms in total. The molecule has 5 rings (SSSR count). The minimum absolute atomic E-state index is 0.192. The average Bonchev–Trinajstić information content (AvgIpc) is 3.20. The molecule has 4 heterocycles. The first kappa shape index (κ1) is 20.5. The van der Waals surface area contributed by atoms with Gasteiger partial charge in [-0.05, 0) is 56.3 Å². The van der Waals surface area contributed by atoms with E-state index in [9.17, 15) is 8.42 Å². The van der Waals surface area contributed by atoms with Gasteiger partial charge in [-0.1, -0.05) is 18.2 Å². The SMILES string of the molecule is Cc1nccc(-c2cccc(S(=O)(=O)n3cc(C4=CCN(C)CC4)c4cccnc43)c2)n1. The third kappa shape index (κ3) is 3.61. The highest BCUT2D eigenvalue weighted by molar-refractivity contribution is 7.90. The molecular formula is C24H23N5O2S. The molecule has 0 bridgehead atoms. The summed E-state index contributed by atoms with van der Waals surface area (Å²) >= 11 is 0. The van der Waals surface area contributed by atoms with Gasteiger partial charge >= 0.3 is 0 Å². The third-order valence-electron chi connectivity index (χ3n) is 5.75. The van der Waals surface area contributed by atoms with Crippen molar-refractivity contribution in [1.29, 1.82) is 0 Å². The van der Waals surface area contributed by atoms with Gasteiger partial charge < -0.3 is 4.90 Å². The van der Waals surface area contributed by atoms with Crippen molar-refractivity contribution >= 4 is 26.6 Å². The zero-order valence-corrected chi connectivity index (χ0v) is 18.7. The Hall–Kier alpha value is -3.36. The Morgan fingerprint density at radius 2 is 1.91 bits per heavy atom. The lowest BCUT2D eigenvalue weighted by Crippen LogP contribution is -2.23. The first-order chi connectivity index (χ1) is 15.4. The molecule has 0 atom stereocenters. The van der Waals surface area contributed by atoms with E-state index in [0.717, 1.165) is 41.6 Å². The molecule has 32 heavy (non-hydrogen) atoms. The summed E-state index contributed by atoms with van der Waals surface area (Å²) in [5.74, 6) is 0.632. The van der Waals surface area contributed by atoms with Crippen molar-refractivity contribution < 1.29 is 8.42 Å². The van der Waals surface area contributed by atoms with Crippen molar-refractivity contribution in [2.24, 2.45) is 0 Å². The van der Waals surface area contributed by atoms with E-state index in [-0.39, 0.29) is 4.90 Å². The summed E-state index contributed by atoms with van der Waals surface area (Å²) < 4.78 is 28.7. The Labute approximate surface area is 187 Å². The van der Waals surface area contributed by atoms with E-state index in [1.165, 1.54) is 3.97 Å². The first-order valence-electron chi connectivity index (χ1n) is 10.4. The number of nitrogens with zero attached hydrogens (tertiary/aromatic N) is 5. The number of pyridine rings is 1. The van der Waals surface area contributed by atoms with Gasteiger partial charge in [-0.15, -0.1) is 0 Å². The van der Waals surface area contributed by atoms with Crippen molar-refractivity contribution in [3.05, 3.63) is 78.5 Å². The van der Waals surface area contributed by atoms with Gasteiger partial charge in [-0.3, -0.25) is 0 Å². The standard InChI is InChI=1S/C24H23N5O2S/c1-17-25-12-8-23(27-17)19-5-3-6-20(15-19)32(30,31)29-16-22(18-9-13-28(2)14-10-18)21-7-4-11-26-24(21)29/h3-9,11-12,15-16H,10,13-14H2,1-2H3. The topological polar surface area (TPSA) is 81.0 Å². The normalized spacial score (nSPS) is 15.1.